The first-order valence-electron chi connectivity index (χ1n) is 14.5. The highest BCUT2D eigenvalue weighted by Gasteiger charge is 2.45. The van der Waals surface area contributed by atoms with Gasteiger partial charge in [0.2, 0.25) is 0 Å². The number of carbonyl (C=O) groups excluding carboxylic acids is 1. The second-order valence-electron chi connectivity index (χ2n) is 12.0. The van der Waals surface area contributed by atoms with Crippen molar-refractivity contribution < 1.29 is 19.0 Å². The van der Waals surface area contributed by atoms with Gasteiger partial charge in [0.05, 0.1) is 31.1 Å². The number of hydrogen-bond acceptors (Lipinski definition) is 6. The van der Waals surface area contributed by atoms with Gasteiger partial charge in [0.15, 0.2) is 0 Å². The molecule has 208 valence electrons. The Labute approximate surface area is 240 Å². The third-order valence-corrected chi connectivity index (χ3v) is 10.6. The fourth-order valence-electron chi connectivity index (χ4n) is 7.53. The fourth-order valence-corrected chi connectivity index (χ4v) is 8.25. The van der Waals surface area contributed by atoms with Crippen molar-refractivity contribution in [1.82, 2.24) is 4.72 Å². The van der Waals surface area contributed by atoms with Crippen molar-refractivity contribution in [3.63, 3.8) is 0 Å². The minimum atomic E-state index is -0.115. The van der Waals surface area contributed by atoms with Crippen molar-refractivity contribution in [3.05, 3.63) is 58.1 Å². The molecular formula is C31H37ClN2O4S. The lowest BCUT2D eigenvalue weighted by atomic mass is 9.67. The number of aryl methyl sites for hydroxylation is 1. The van der Waals surface area contributed by atoms with Crippen LogP contribution in [0.5, 0.6) is 5.75 Å². The van der Waals surface area contributed by atoms with Crippen LogP contribution < -0.4 is 14.4 Å². The van der Waals surface area contributed by atoms with Crippen LogP contribution >= 0.6 is 23.5 Å². The van der Waals surface area contributed by atoms with Crippen LogP contribution in [0.15, 0.2) is 36.4 Å². The van der Waals surface area contributed by atoms with E-state index in [2.05, 4.69) is 21.8 Å². The SMILES string of the molecule is O=C1NSCCO[C@H]2CCO[C@@H](C2)[C@H]2CC[C@H]2CN2C[C@@]3(CCCc4cc(Cl)ccc43)COc3ccc1cc32. The minimum Gasteiger partial charge on any atom is -0.490 e. The number of rotatable bonds is 0. The zero-order chi connectivity index (χ0) is 26.4. The Hall–Kier alpha value is -1.93. The predicted octanol–water partition coefficient (Wildman–Crippen LogP) is 5.80. The summed E-state index contributed by atoms with van der Waals surface area (Å²) in [5, 5.41) is 0.800. The number of nitrogens with zero attached hydrogens (tertiary/aromatic N) is 1. The zero-order valence-electron chi connectivity index (χ0n) is 22.3. The molecule has 4 bridgehead atoms. The monoisotopic (exact) mass is 568 g/mol. The average Bonchev–Trinajstić information content (AvgIpc) is 3.07. The number of fused-ring (bicyclic) bond motifs is 7. The molecule has 2 aliphatic carbocycles. The summed E-state index contributed by atoms with van der Waals surface area (Å²) in [4.78, 5) is 15.6. The average molecular weight is 569 g/mol. The van der Waals surface area contributed by atoms with E-state index in [1.165, 1.54) is 35.9 Å². The standard InChI is InChI=1S/C31H37ClN2O4S/c32-23-5-7-26-20(14-23)2-1-10-31(26)18-34-17-22-3-6-25(22)29-16-24(9-11-37-29)36-12-13-39-33-30(35)21-4-8-28(38-19-31)27(34)15-21/h4-5,7-8,14-15,22,24-25,29H,1-3,6,9-13,16-19H2,(H,33,35)/t22-,24-,25-,29-,31-/m0/s1. The van der Waals surface area contributed by atoms with Gasteiger partial charge >= 0.3 is 0 Å². The molecule has 3 heterocycles. The number of ether oxygens (including phenoxy) is 3. The minimum absolute atomic E-state index is 0.0703. The van der Waals surface area contributed by atoms with E-state index in [1.807, 2.05) is 24.3 Å². The molecule has 0 aromatic heterocycles. The highest BCUT2D eigenvalue weighted by atomic mass is 35.5. The lowest BCUT2D eigenvalue weighted by molar-refractivity contribution is -0.115. The van der Waals surface area contributed by atoms with Crippen LogP contribution in [0.4, 0.5) is 5.69 Å². The van der Waals surface area contributed by atoms with E-state index in [-0.39, 0.29) is 23.5 Å². The molecule has 2 fully saturated rings. The van der Waals surface area contributed by atoms with Gasteiger partial charge in [-0.05, 0) is 104 Å². The molecular weight excluding hydrogens is 532 g/mol. The molecule has 1 amide bonds. The van der Waals surface area contributed by atoms with E-state index >= 15 is 0 Å². The van der Waals surface area contributed by atoms with Crippen LogP contribution in [0.25, 0.3) is 0 Å². The van der Waals surface area contributed by atoms with Gasteiger partial charge in [-0.15, -0.1) is 0 Å². The summed E-state index contributed by atoms with van der Waals surface area (Å²) in [5.41, 5.74) is 4.30. The Kier molecular flexibility index (Phi) is 7.20. The molecule has 0 unspecified atom stereocenters. The molecule has 7 rings (SSSR count). The van der Waals surface area contributed by atoms with Crippen molar-refractivity contribution >= 4 is 35.1 Å². The quantitative estimate of drug-likeness (QED) is 0.406. The predicted molar refractivity (Wildman–Crippen MR) is 155 cm³/mol. The fraction of sp³-hybridized carbons (Fsp3) is 0.581. The Balaban J connectivity index is 1.26. The van der Waals surface area contributed by atoms with Crippen LogP contribution in [0.1, 0.15) is 60.0 Å². The van der Waals surface area contributed by atoms with Gasteiger partial charge in [-0.25, -0.2) is 0 Å². The number of anilines is 1. The topological polar surface area (TPSA) is 60.0 Å². The summed E-state index contributed by atoms with van der Waals surface area (Å²) < 4.78 is 22.2. The Bertz CT molecular complexity index is 1240. The molecule has 3 aliphatic heterocycles. The summed E-state index contributed by atoms with van der Waals surface area (Å²) in [7, 11) is 0. The van der Waals surface area contributed by atoms with Crippen LogP contribution in [0.3, 0.4) is 0 Å². The third-order valence-electron chi connectivity index (χ3n) is 9.68. The van der Waals surface area contributed by atoms with Gasteiger partial charge in [0.25, 0.3) is 5.91 Å². The summed E-state index contributed by atoms with van der Waals surface area (Å²) in [6.07, 6.45) is 8.11. The maximum absolute atomic E-state index is 13.1. The Morgan fingerprint density at radius 2 is 2.03 bits per heavy atom. The molecule has 1 spiro atoms. The Morgan fingerprint density at radius 3 is 2.92 bits per heavy atom. The highest BCUT2D eigenvalue weighted by molar-refractivity contribution is 7.97. The largest absolute Gasteiger partial charge is 0.490 e. The number of carbonyl (C=O) groups is 1. The Morgan fingerprint density at radius 1 is 1.08 bits per heavy atom. The van der Waals surface area contributed by atoms with Crippen LogP contribution in [0, 0.1) is 11.8 Å². The lowest BCUT2D eigenvalue weighted by Gasteiger charge is -2.47. The molecule has 5 atom stereocenters. The van der Waals surface area contributed by atoms with Crippen molar-refractivity contribution in [2.45, 2.75) is 62.6 Å². The van der Waals surface area contributed by atoms with Gasteiger partial charge in [-0.2, -0.15) is 0 Å². The maximum atomic E-state index is 13.1. The molecule has 6 nitrogen and oxygen atoms in total. The van der Waals surface area contributed by atoms with E-state index in [9.17, 15) is 4.79 Å². The van der Waals surface area contributed by atoms with Gasteiger partial charge in [0, 0.05) is 47.9 Å². The molecule has 1 saturated carbocycles. The summed E-state index contributed by atoms with van der Waals surface area (Å²) >= 11 is 7.84. The van der Waals surface area contributed by atoms with Gasteiger partial charge in [0.1, 0.15) is 5.75 Å². The summed E-state index contributed by atoms with van der Waals surface area (Å²) in [5.74, 6) is 2.62. The first kappa shape index (κ1) is 26.0. The van der Waals surface area contributed by atoms with Crippen LogP contribution in [-0.4, -0.2) is 56.8 Å². The number of benzene rings is 2. The second kappa shape index (κ2) is 10.8. The van der Waals surface area contributed by atoms with Crippen molar-refractivity contribution in [1.29, 1.82) is 0 Å². The molecule has 1 saturated heterocycles. The van der Waals surface area contributed by atoms with E-state index < -0.39 is 0 Å². The lowest BCUT2D eigenvalue weighted by Crippen LogP contribution is -2.50. The molecule has 8 heteroatoms. The smallest absolute Gasteiger partial charge is 0.261 e. The third kappa shape index (κ3) is 5.05. The number of hydrogen-bond donors (Lipinski definition) is 1. The zero-order valence-corrected chi connectivity index (χ0v) is 23.9. The summed E-state index contributed by atoms with van der Waals surface area (Å²) in [6, 6.07) is 12.3. The van der Waals surface area contributed by atoms with E-state index in [1.54, 1.807) is 0 Å². The van der Waals surface area contributed by atoms with Crippen LogP contribution in [-0.2, 0) is 21.3 Å². The van der Waals surface area contributed by atoms with Crippen molar-refractivity contribution in [2.24, 2.45) is 11.8 Å². The normalized spacial score (nSPS) is 32.6. The molecule has 5 aliphatic rings. The van der Waals surface area contributed by atoms with E-state index in [0.29, 0.717) is 30.6 Å². The second-order valence-corrected chi connectivity index (χ2v) is 13.3. The summed E-state index contributed by atoms with van der Waals surface area (Å²) in [6.45, 7) is 3.85. The highest BCUT2D eigenvalue weighted by Crippen LogP contribution is 2.47. The van der Waals surface area contributed by atoms with Crippen molar-refractivity contribution in [2.75, 3.05) is 43.6 Å². The molecule has 39 heavy (non-hydrogen) atoms. The number of amides is 1. The van der Waals surface area contributed by atoms with E-state index in [4.69, 9.17) is 25.8 Å². The molecule has 0 radical (unpaired) electrons. The molecule has 2 aromatic rings. The molecule has 1 N–H and O–H groups in total. The van der Waals surface area contributed by atoms with Gasteiger partial charge in [-0.1, -0.05) is 17.7 Å². The van der Waals surface area contributed by atoms with Crippen molar-refractivity contribution in [3.8, 4) is 5.75 Å². The first-order valence-corrected chi connectivity index (χ1v) is 15.9. The van der Waals surface area contributed by atoms with Gasteiger partial charge in [-0.3, -0.25) is 9.52 Å². The number of nitrogens with one attached hydrogen (secondary N) is 1. The van der Waals surface area contributed by atoms with Crippen LogP contribution in [0.2, 0.25) is 5.02 Å². The maximum Gasteiger partial charge on any atom is 0.261 e. The van der Waals surface area contributed by atoms with Gasteiger partial charge < -0.3 is 19.1 Å². The first-order chi connectivity index (χ1) is 19.1. The number of halogens is 1. The van der Waals surface area contributed by atoms with E-state index in [0.717, 1.165) is 74.0 Å². The molecule has 2 aromatic carbocycles.